The van der Waals surface area contributed by atoms with E-state index in [1.807, 2.05) is 0 Å². The molecule has 1 saturated heterocycles. The Morgan fingerprint density at radius 3 is 2.41 bits per heavy atom. The van der Waals surface area contributed by atoms with Gasteiger partial charge in [0.05, 0.1) is 12.5 Å². The Labute approximate surface area is 99.5 Å². The third-order valence-electron chi connectivity index (χ3n) is 2.51. The Hall–Kier alpha value is -1.33. The second-order valence-electron chi connectivity index (χ2n) is 5.18. The van der Waals surface area contributed by atoms with E-state index in [0.29, 0.717) is 0 Å². The Bertz CT molecular complexity index is 313. The lowest BCUT2D eigenvalue weighted by molar-refractivity contribution is -0.146. The van der Waals surface area contributed by atoms with Crippen molar-refractivity contribution in [2.75, 3.05) is 13.1 Å². The number of aliphatic carboxylic acids is 1. The molecular weight excluding hydrogens is 229 g/mol. The summed E-state index contributed by atoms with van der Waals surface area (Å²) in [6.07, 6.45) is -2.01. The summed E-state index contributed by atoms with van der Waals surface area (Å²) in [4.78, 5) is 23.5. The molecule has 1 aliphatic heterocycles. The first-order valence-electron chi connectivity index (χ1n) is 5.55. The zero-order valence-corrected chi connectivity index (χ0v) is 10.3. The van der Waals surface area contributed by atoms with E-state index in [2.05, 4.69) is 0 Å². The number of likely N-dealkylation sites (tertiary alicyclic amines) is 1. The Balaban J connectivity index is 2.55. The molecule has 0 aromatic carbocycles. The van der Waals surface area contributed by atoms with Crippen molar-refractivity contribution in [1.29, 1.82) is 0 Å². The van der Waals surface area contributed by atoms with Crippen LogP contribution in [0.25, 0.3) is 0 Å². The number of ether oxygens (including phenoxy) is 1. The van der Waals surface area contributed by atoms with Crippen molar-refractivity contribution >= 4 is 12.1 Å². The number of hydrogen-bond donors (Lipinski definition) is 1. The van der Waals surface area contributed by atoms with Crippen molar-refractivity contribution in [2.24, 2.45) is 5.92 Å². The van der Waals surface area contributed by atoms with Crippen molar-refractivity contribution in [2.45, 2.75) is 39.0 Å². The molecule has 1 N–H and O–H groups in total. The summed E-state index contributed by atoms with van der Waals surface area (Å²) in [6.45, 7) is 5.17. The first kappa shape index (κ1) is 13.7. The number of rotatable bonds is 1. The van der Waals surface area contributed by atoms with Crippen LogP contribution in [0.3, 0.4) is 0 Å². The zero-order chi connectivity index (χ0) is 13.2. The van der Waals surface area contributed by atoms with E-state index in [0.717, 1.165) is 0 Å². The maximum atomic E-state index is 13.5. The molecule has 1 aliphatic rings. The average molecular weight is 247 g/mol. The lowest BCUT2D eigenvalue weighted by atomic mass is 9.95. The molecule has 6 heteroatoms. The van der Waals surface area contributed by atoms with Crippen LogP contribution in [0.2, 0.25) is 0 Å². The molecule has 1 fully saturated rings. The van der Waals surface area contributed by atoms with Gasteiger partial charge in [-0.15, -0.1) is 0 Å². The third kappa shape index (κ3) is 3.87. The van der Waals surface area contributed by atoms with Gasteiger partial charge >= 0.3 is 12.1 Å². The van der Waals surface area contributed by atoms with Crippen LogP contribution in [0.5, 0.6) is 0 Å². The fourth-order valence-electron chi connectivity index (χ4n) is 1.68. The SMILES string of the molecule is CC(C)(C)OC(=O)N1CC[C@@H](C(=O)O)[C@H](F)C1. The van der Waals surface area contributed by atoms with E-state index in [1.165, 1.54) is 4.90 Å². The monoisotopic (exact) mass is 247 g/mol. The van der Waals surface area contributed by atoms with Crippen molar-refractivity contribution in [3.63, 3.8) is 0 Å². The predicted octanol–water partition coefficient (Wildman–Crippen LogP) is 1.67. The maximum absolute atomic E-state index is 13.5. The number of halogens is 1. The van der Waals surface area contributed by atoms with Gasteiger partial charge in [0.1, 0.15) is 11.8 Å². The van der Waals surface area contributed by atoms with Crippen molar-refractivity contribution < 1.29 is 23.8 Å². The van der Waals surface area contributed by atoms with E-state index in [4.69, 9.17) is 9.84 Å². The summed E-state index contributed by atoms with van der Waals surface area (Å²) >= 11 is 0. The minimum absolute atomic E-state index is 0.121. The number of amides is 1. The standard InChI is InChI=1S/C11H18FNO4/c1-11(2,3)17-10(16)13-5-4-7(9(14)15)8(12)6-13/h7-8H,4-6H2,1-3H3,(H,14,15)/t7-,8-/m1/s1. The lowest BCUT2D eigenvalue weighted by Gasteiger charge is -2.34. The molecule has 0 aromatic rings. The van der Waals surface area contributed by atoms with Gasteiger partial charge in [-0.25, -0.2) is 9.18 Å². The summed E-state index contributed by atoms with van der Waals surface area (Å²) in [7, 11) is 0. The summed E-state index contributed by atoms with van der Waals surface area (Å²) < 4.78 is 18.6. The van der Waals surface area contributed by atoms with Gasteiger partial charge in [-0.2, -0.15) is 0 Å². The molecule has 0 spiro atoms. The van der Waals surface area contributed by atoms with Crippen LogP contribution in [0, 0.1) is 5.92 Å². The highest BCUT2D eigenvalue weighted by Crippen LogP contribution is 2.22. The lowest BCUT2D eigenvalue weighted by Crippen LogP contribution is -2.48. The Morgan fingerprint density at radius 1 is 1.41 bits per heavy atom. The molecule has 1 heterocycles. The number of nitrogens with zero attached hydrogens (tertiary/aromatic N) is 1. The molecule has 0 bridgehead atoms. The van der Waals surface area contributed by atoms with Crippen LogP contribution in [-0.4, -0.2) is 46.9 Å². The van der Waals surface area contributed by atoms with Crippen LogP contribution in [-0.2, 0) is 9.53 Å². The summed E-state index contributed by atoms with van der Waals surface area (Å²) in [6, 6.07) is 0. The third-order valence-corrected chi connectivity index (χ3v) is 2.51. The van der Waals surface area contributed by atoms with Gasteiger partial charge in [0.25, 0.3) is 0 Å². The van der Waals surface area contributed by atoms with Crippen LogP contribution in [0.1, 0.15) is 27.2 Å². The molecule has 1 rings (SSSR count). The molecule has 1 amide bonds. The number of carbonyl (C=O) groups excluding carboxylic acids is 1. The normalized spacial score (nSPS) is 25.5. The first-order valence-corrected chi connectivity index (χ1v) is 5.55. The zero-order valence-electron chi connectivity index (χ0n) is 10.3. The van der Waals surface area contributed by atoms with E-state index < -0.39 is 29.8 Å². The van der Waals surface area contributed by atoms with E-state index in [-0.39, 0.29) is 19.5 Å². The van der Waals surface area contributed by atoms with E-state index in [1.54, 1.807) is 20.8 Å². The van der Waals surface area contributed by atoms with Crippen molar-refractivity contribution in [3.8, 4) is 0 Å². The number of piperidine rings is 1. The Kier molecular flexibility index (Phi) is 3.95. The highest BCUT2D eigenvalue weighted by Gasteiger charge is 2.37. The van der Waals surface area contributed by atoms with Gasteiger partial charge in [0, 0.05) is 6.54 Å². The van der Waals surface area contributed by atoms with Crippen LogP contribution in [0.15, 0.2) is 0 Å². The summed E-state index contributed by atoms with van der Waals surface area (Å²) in [5.41, 5.74) is -0.632. The van der Waals surface area contributed by atoms with Gasteiger partial charge in [0.15, 0.2) is 0 Å². The molecule has 0 unspecified atom stereocenters. The number of carbonyl (C=O) groups is 2. The second kappa shape index (κ2) is 4.89. The number of alkyl halides is 1. The maximum Gasteiger partial charge on any atom is 0.410 e. The molecular formula is C11H18FNO4. The minimum atomic E-state index is -1.53. The number of carboxylic acid groups (broad SMARTS) is 1. The molecule has 2 atom stereocenters. The van der Waals surface area contributed by atoms with Gasteiger partial charge < -0.3 is 14.7 Å². The summed E-state index contributed by atoms with van der Waals surface area (Å²) in [5.74, 6) is -2.17. The predicted molar refractivity (Wildman–Crippen MR) is 58.4 cm³/mol. The molecule has 0 aliphatic carbocycles. The topological polar surface area (TPSA) is 66.8 Å². The van der Waals surface area contributed by atoms with Crippen LogP contribution >= 0.6 is 0 Å². The Morgan fingerprint density at radius 2 is 2.00 bits per heavy atom. The smallest absolute Gasteiger partial charge is 0.410 e. The largest absolute Gasteiger partial charge is 0.481 e. The van der Waals surface area contributed by atoms with Crippen molar-refractivity contribution in [3.05, 3.63) is 0 Å². The summed E-state index contributed by atoms with van der Waals surface area (Å²) in [5, 5.41) is 8.75. The van der Waals surface area contributed by atoms with E-state index in [9.17, 15) is 14.0 Å². The average Bonchev–Trinajstić information content (AvgIpc) is 2.14. The molecule has 5 nitrogen and oxygen atoms in total. The minimum Gasteiger partial charge on any atom is -0.481 e. The van der Waals surface area contributed by atoms with Crippen molar-refractivity contribution in [1.82, 2.24) is 4.90 Å². The first-order chi connectivity index (χ1) is 7.70. The number of hydrogen-bond acceptors (Lipinski definition) is 3. The van der Waals surface area contributed by atoms with Crippen LogP contribution in [0.4, 0.5) is 9.18 Å². The molecule has 17 heavy (non-hydrogen) atoms. The number of carboxylic acids is 1. The van der Waals surface area contributed by atoms with E-state index >= 15 is 0 Å². The molecule has 0 aromatic heterocycles. The fraction of sp³-hybridized carbons (Fsp3) is 0.818. The molecule has 0 radical (unpaired) electrons. The van der Waals surface area contributed by atoms with Gasteiger partial charge in [0.2, 0.25) is 0 Å². The quantitative estimate of drug-likeness (QED) is 0.765. The van der Waals surface area contributed by atoms with Crippen LogP contribution < -0.4 is 0 Å². The van der Waals surface area contributed by atoms with Gasteiger partial charge in [-0.1, -0.05) is 0 Å². The highest BCUT2D eigenvalue weighted by molar-refractivity contribution is 5.72. The van der Waals surface area contributed by atoms with Gasteiger partial charge in [-0.05, 0) is 27.2 Å². The fourth-order valence-corrected chi connectivity index (χ4v) is 1.68. The second-order valence-corrected chi connectivity index (χ2v) is 5.18. The van der Waals surface area contributed by atoms with Gasteiger partial charge in [-0.3, -0.25) is 4.79 Å². The molecule has 98 valence electrons. The highest BCUT2D eigenvalue weighted by atomic mass is 19.1. The molecule has 0 saturated carbocycles.